The van der Waals surface area contributed by atoms with E-state index in [-0.39, 0.29) is 18.8 Å². The van der Waals surface area contributed by atoms with Gasteiger partial charge in [0, 0.05) is 12.8 Å². The predicted octanol–water partition coefficient (Wildman–Crippen LogP) is 3.90. The van der Waals surface area contributed by atoms with Crippen LogP contribution in [-0.2, 0) is 0 Å². The molecule has 0 atom stereocenters. The minimum absolute atomic E-state index is 0.0870. The van der Waals surface area contributed by atoms with Gasteiger partial charge >= 0.3 is 0 Å². The molecule has 0 spiro atoms. The lowest BCUT2D eigenvalue weighted by Gasteiger charge is -2.36. The maximum atomic E-state index is 13.1. The van der Waals surface area contributed by atoms with E-state index < -0.39 is 5.92 Å². The zero-order valence-corrected chi connectivity index (χ0v) is 10.8. The van der Waals surface area contributed by atoms with Crippen molar-refractivity contribution in [1.82, 2.24) is 0 Å². The van der Waals surface area contributed by atoms with Crippen molar-refractivity contribution in [2.24, 2.45) is 0 Å². The average Bonchev–Trinajstić information content (AvgIpc) is 3.18. The Kier molecular flexibility index (Phi) is 2.84. The number of carbonyl (C=O) groups is 1. The van der Waals surface area contributed by atoms with Crippen LogP contribution in [0.3, 0.4) is 0 Å². The molecule has 2 aliphatic rings. The van der Waals surface area contributed by atoms with Crippen molar-refractivity contribution in [2.45, 2.75) is 43.4 Å². The topological polar surface area (TPSA) is 26.3 Å². The molecule has 0 unspecified atom stereocenters. The molecule has 0 aromatic heterocycles. The minimum atomic E-state index is -2.53. The molecule has 102 valence electrons. The molecule has 1 aromatic rings. The number of carbonyl (C=O) groups excluding carboxylic acids is 1. The number of benzene rings is 1. The Bertz CT molecular complexity index is 513. The first kappa shape index (κ1) is 12.6. The highest BCUT2D eigenvalue weighted by molar-refractivity contribution is 5.80. The van der Waals surface area contributed by atoms with Crippen LogP contribution in [0.15, 0.2) is 12.1 Å². The number of methoxy groups -OCH3 is 1. The molecule has 2 fully saturated rings. The van der Waals surface area contributed by atoms with Gasteiger partial charge in [-0.25, -0.2) is 8.78 Å². The summed E-state index contributed by atoms with van der Waals surface area (Å²) >= 11 is 0. The van der Waals surface area contributed by atoms with E-state index in [2.05, 4.69) is 0 Å². The lowest BCUT2D eigenvalue weighted by atomic mass is 9.74. The third-order valence-electron chi connectivity index (χ3n) is 4.11. The summed E-state index contributed by atoms with van der Waals surface area (Å²) in [7, 11) is 1.50. The van der Waals surface area contributed by atoms with Crippen LogP contribution in [0, 0.1) is 0 Å². The summed E-state index contributed by atoms with van der Waals surface area (Å²) in [6.07, 6.45) is 2.76. The molecule has 2 nitrogen and oxygen atoms in total. The number of alkyl halides is 2. The fourth-order valence-electron chi connectivity index (χ4n) is 2.88. The Balaban J connectivity index is 1.99. The highest BCUT2D eigenvalue weighted by atomic mass is 19.3. The van der Waals surface area contributed by atoms with Gasteiger partial charge < -0.3 is 4.74 Å². The first-order valence-corrected chi connectivity index (χ1v) is 6.59. The van der Waals surface area contributed by atoms with Crippen molar-refractivity contribution in [3.8, 4) is 5.75 Å². The van der Waals surface area contributed by atoms with Crippen molar-refractivity contribution in [3.63, 3.8) is 0 Å². The molecule has 0 N–H and O–H groups in total. The quantitative estimate of drug-likeness (QED) is 0.773. The van der Waals surface area contributed by atoms with E-state index in [0.29, 0.717) is 17.2 Å². The van der Waals surface area contributed by atoms with Gasteiger partial charge in [-0.05, 0) is 47.9 Å². The second-order valence-corrected chi connectivity index (χ2v) is 5.58. The molecule has 1 aromatic carbocycles. The largest absolute Gasteiger partial charge is 0.496 e. The first-order chi connectivity index (χ1) is 9.04. The molecule has 2 aliphatic carbocycles. The fourth-order valence-corrected chi connectivity index (χ4v) is 2.88. The van der Waals surface area contributed by atoms with Gasteiger partial charge in [0.1, 0.15) is 5.75 Å². The molecule has 0 saturated heterocycles. The maximum Gasteiger partial charge on any atom is 0.249 e. The summed E-state index contributed by atoms with van der Waals surface area (Å²) < 4.78 is 31.3. The van der Waals surface area contributed by atoms with E-state index in [1.807, 2.05) is 6.07 Å². The van der Waals surface area contributed by atoms with Gasteiger partial charge in [0.25, 0.3) is 0 Å². The zero-order valence-electron chi connectivity index (χ0n) is 10.8. The lowest BCUT2D eigenvalue weighted by Crippen LogP contribution is -2.34. The number of halogens is 2. The molecule has 0 bridgehead atoms. The Hall–Kier alpha value is -1.45. The highest BCUT2D eigenvalue weighted by Crippen LogP contribution is 2.53. The van der Waals surface area contributed by atoms with Crippen molar-refractivity contribution >= 4 is 6.29 Å². The van der Waals surface area contributed by atoms with Gasteiger partial charge in [0.2, 0.25) is 5.92 Å². The van der Waals surface area contributed by atoms with Crippen LogP contribution >= 0.6 is 0 Å². The second-order valence-electron chi connectivity index (χ2n) is 5.58. The molecule has 0 aliphatic heterocycles. The number of rotatable bonds is 4. The van der Waals surface area contributed by atoms with E-state index in [0.717, 1.165) is 30.3 Å². The van der Waals surface area contributed by atoms with Crippen LogP contribution in [0.5, 0.6) is 5.75 Å². The number of ether oxygens (including phenoxy) is 1. The Morgan fingerprint density at radius 3 is 2.32 bits per heavy atom. The van der Waals surface area contributed by atoms with E-state index in [1.165, 1.54) is 7.11 Å². The van der Waals surface area contributed by atoms with Crippen molar-refractivity contribution in [3.05, 3.63) is 28.8 Å². The third-order valence-corrected chi connectivity index (χ3v) is 4.11. The molecule has 0 heterocycles. The van der Waals surface area contributed by atoms with Gasteiger partial charge in [0.15, 0.2) is 6.29 Å². The van der Waals surface area contributed by atoms with Crippen molar-refractivity contribution in [2.75, 3.05) is 7.11 Å². The van der Waals surface area contributed by atoms with Crippen LogP contribution in [0.25, 0.3) is 0 Å². The summed E-state index contributed by atoms with van der Waals surface area (Å²) in [4.78, 5) is 11.0. The summed E-state index contributed by atoms with van der Waals surface area (Å²) in [6.45, 7) is 0. The van der Waals surface area contributed by atoms with E-state index in [1.54, 1.807) is 6.07 Å². The van der Waals surface area contributed by atoms with Crippen LogP contribution in [-0.4, -0.2) is 19.3 Å². The van der Waals surface area contributed by atoms with E-state index in [4.69, 9.17) is 4.74 Å². The van der Waals surface area contributed by atoms with Crippen LogP contribution in [0.4, 0.5) is 8.78 Å². The standard InChI is InChI=1S/C15H16F2O2/c1-19-14-5-13(11-6-15(16,17)7-11)12(9-2-3-9)4-10(14)8-18/h4-5,8-9,11H,2-3,6-7H2,1H3. The SMILES string of the molecule is COc1cc(C2CC(F)(F)C2)c(C2CC2)cc1C=O. The molecule has 4 heteroatoms. The van der Waals surface area contributed by atoms with Gasteiger partial charge in [-0.3, -0.25) is 4.79 Å². The van der Waals surface area contributed by atoms with Gasteiger partial charge in [-0.1, -0.05) is 0 Å². The Morgan fingerprint density at radius 2 is 1.84 bits per heavy atom. The lowest BCUT2D eigenvalue weighted by molar-refractivity contribution is -0.0869. The van der Waals surface area contributed by atoms with Crippen LogP contribution in [0.1, 0.15) is 59.0 Å². The Morgan fingerprint density at radius 1 is 1.21 bits per heavy atom. The number of aldehydes is 1. The van der Waals surface area contributed by atoms with Crippen molar-refractivity contribution < 1.29 is 18.3 Å². The van der Waals surface area contributed by atoms with Gasteiger partial charge in [-0.15, -0.1) is 0 Å². The smallest absolute Gasteiger partial charge is 0.249 e. The van der Waals surface area contributed by atoms with Crippen LogP contribution in [0.2, 0.25) is 0 Å². The monoisotopic (exact) mass is 266 g/mol. The molecule has 0 radical (unpaired) electrons. The molecule has 19 heavy (non-hydrogen) atoms. The Labute approximate surface area is 110 Å². The molecule has 0 amide bonds. The first-order valence-electron chi connectivity index (χ1n) is 6.59. The van der Waals surface area contributed by atoms with Crippen molar-refractivity contribution in [1.29, 1.82) is 0 Å². The minimum Gasteiger partial charge on any atom is -0.496 e. The second kappa shape index (κ2) is 4.29. The molecule has 2 saturated carbocycles. The summed E-state index contributed by atoms with van der Waals surface area (Å²) in [5.74, 6) is -1.69. The van der Waals surface area contributed by atoms with Gasteiger partial charge in [0.05, 0.1) is 12.7 Å². The average molecular weight is 266 g/mol. The number of hydrogen-bond donors (Lipinski definition) is 0. The summed E-state index contributed by atoms with van der Waals surface area (Å²) in [5, 5.41) is 0. The van der Waals surface area contributed by atoms with E-state index >= 15 is 0 Å². The molecular weight excluding hydrogens is 250 g/mol. The highest BCUT2D eigenvalue weighted by Gasteiger charge is 2.47. The fraction of sp³-hybridized carbons (Fsp3) is 0.533. The maximum absolute atomic E-state index is 13.1. The predicted molar refractivity (Wildman–Crippen MR) is 67.3 cm³/mol. The number of hydrogen-bond acceptors (Lipinski definition) is 2. The van der Waals surface area contributed by atoms with E-state index in [9.17, 15) is 13.6 Å². The zero-order chi connectivity index (χ0) is 13.6. The van der Waals surface area contributed by atoms with Gasteiger partial charge in [-0.2, -0.15) is 0 Å². The molecular formula is C15H16F2O2. The normalized spacial score (nSPS) is 21.8. The third kappa shape index (κ3) is 2.24. The summed E-state index contributed by atoms with van der Waals surface area (Å²) in [5.41, 5.74) is 2.54. The molecule has 3 rings (SSSR count). The summed E-state index contributed by atoms with van der Waals surface area (Å²) in [6, 6.07) is 3.62. The van der Waals surface area contributed by atoms with Crippen LogP contribution < -0.4 is 4.74 Å².